The van der Waals surface area contributed by atoms with Crippen molar-refractivity contribution in [3.05, 3.63) is 34.8 Å². The Morgan fingerprint density at radius 1 is 1.32 bits per heavy atom. The lowest BCUT2D eigenvalue weighted by Crippen LogP contribution is -2.43. The van der Waals surface area contributed by atoms with E-state index in [-0.39, 0.29) is 11.9 Å². The normalized spacial score (nSPS) is 17.6. The monoisotopic (exact) mass is 396 g/mol. The van der Waals surface area contributed by atoms with Gasteiger partial charge in [0, 0.05) is 23.5 Å². The molecule has 1 aliphatic heterocycles. The van der Waals surface area contributed by atoms with Gasteiger partial charge in [-0.15, -0.1) is 11.3 Å². The largest absolute Gasteiger partial charge is 0.336 e. The van der Waals surface area contributed by atoms with Gasteiger partial charge in [0.25, 0.3) is 5.91 Å². The molecule has 0 N–H and O–H groups in total. The van der Waals surface area contributed by atoms with Crippen LogP contribution < -0.4 is 0 Å². The summed E-state index contributed by atoms with van der Waals surface area (Å²) in [4.78, 5) is 22.9. The molecule has 0 bridgehead atoms. The van der Waals surface area contributed by atoms with Crippen LogP contribution in [0.3, 0.4) is 0 Å². The van der Waals surface area contributed by atoms with Gasteiger partial charge >= 0.3 is 0 Å². The van der Waals surface area contributed by atoms with E-state index in [4.69, 9.17) is 4.98 Å². The van der Waals surface area contributed by atoms with E-state index in [9.17, 15) is 4.79 Å². The Hall–Kier alpha value is -2.21. The lowest BCUT2D eigenvalue weighted by molar-refractivity contribution is 0.0610. The molecule has 148 valence electrons. The van der Waals surface area contributed by atoms with Crippen LogP contribution in [-0.2, 0) is 0 Å². The number of aromatic nitrogens is 3. The van der Waals surface area contributed by atoms with Gasteiger partial charge in [-0.2, -0.15) is 5.10 Å². The third kappa shape index (κ3) is 3.34. The van der Waals surface area contributed by atoms with Gasteiger partial charge in [-0.25, -0.2) is 9.67 Å². The molecule has 1 unspecified atom stereocenters. The molecule has 3 aromatic heterocycles. The topological polar surface area (TPSA) is 51.0 Å². The van der Waals surface area contributed by atoms with Crippen LogP contribution in [0.15, 0.2) is 24.4 Å². The molecule has 0 radical (unpaired) electrons. The zero-order valence-corrected chi connectivity index (χ0v) is 17.9. The minimum absolute atomic E-state index is 0.122. The first-order chi connectivity index (χ1) is 13.5. The zero-order valence-electron chi connectivity index (χ0n) is 17.1. The maximum absolute atomic E-state index is 13.6. The fraction of sp³-hybridized carbons (Fsp3) is 0.500. The highest BCUT2D eigenvalue weighted by Crippen LogP contribution is 2.32. The van der Waals surface area contributed by atoms with E-state index in [0.29, 0.717) is 6.04 Å². The fourth-order valence-corrected chi connectivity index (χ4v) is 4.95. The summed E-state index contributed by atoms with van der Waals surface area (Å²) in [5.74, 6) is 0.122. The van der Waals surface area contributed by atoms with Crippen molar-refractivity contribution in [3.63, 3.8) is 0 Å². The van der Waals surface area contributed by atoms with Crippen molar-refractivity contribution >= 4 is 28.3 Å². The van der Waals surface area contributed by atoms with Crippen LogP contribution in [0.25, 0.3) is 21.6 Å². The van der Waals surface area contributed by atoms with Crippen molar-refractivity contribution in [2.45, 2.75) is 65.5 Å². The number of likely N-dealkylation sites (tertiary alicyclic amines) is 1. The minimum atomic E-state index is 0.122. The van der Waals surface area contributed by atoms with E-state index in [2.05, 4.69) is 49.8 Å². The van der Waals surface area contributed by atoms with Crippen molar-refractivity contribution in [1.29, 1.82) is 0 Å². The number of fused-ring (bicyclic) bond motifs is 1. The summed E-state index contributed by atoms with van der Waals surface area (Å²) in [6.07, 6.45) is 6.20. The lowest BCUT2D eigenvalue weighted by atomic mass is 9.98. The first-order valence-electron chi connectivity index (χ1n) is 10.3. The standard InChI is InChI=1S/C22H28N4OS/c1-5-16-8-6-7-11-25(16)22(27)17-12-19(20-10-9-15(4)28-20)24-21-18(17)13-23-26(21)14(2)3/h9-10,12-14,16H,5-8,11H2,1-4H3. The van der Waals surface area contributed by atoms with Gasteiger partial charge in [0.1, 0.15) is 0 Å². The molecule has 1 atom stereocenters. The molecule has 0 aliphatic carbocycles. The number of carbonyl (C=O) groups excluding carboxylic acids is 1. The molecule has 0 spiro atoms. The smallest absolute Gasteiger partial charge is 0.254 e. The minimum Gasteiger partial charge on any atom is -0.336 e. The average Bonchev–Trinajstić information content (AvgIpc) is 3.32. The molecule has 0 aromatic carbocycles. The molecule has 3 aromatic rings. The molecule has 1 saturated heterocycles. The van der Waals surface area contributed by atoms with Crippen molar-refractivity contribution in [1.82, 2.24) is 19.7 Å². The number of nitrogens with zero attached hydrogens (tertiary/aromatic N) is 4. The van der Waals surface area contributed by atoms with Gasteiger partial charge < -0.3 is 4.90 Å². The zero-order chi connectivity index (χ0) is 19.8. The van der Waals surface area contributed by atoms with E-state index in [0.717, 1.165) is 53.0 Å². The Kier molecular flexibility index (Phi) is 5.23. The molecule has 6 heteroatoms. The van der Waals surface area contributed by atoms with Crippen LogP contribution in [0.1, 0.15) is 67.7 Å². The van der Waals surface area contributed by atoms with E-state index >= 15 is 0 Å². The van der Waals surface area contributed by atoms with Crippen molar-refractivity contribution in [2.75, 3.05) is 6.54 Å². The summed E-state index contributed by atoms with van der Waals surface area (Å²) in [7, 11) is 0. The quantitative estimate of drug-likeness (QED) is 0.589. The van der Waals surface area contributed by atoms with Gasteiger partial charge in [-0.3, -0.25) is 4.79 Å². The van der Waals surface area contributed by atoms with Gasteiger partial charge in [-0.05, 0) is 64.7 Å². The number of pyridine rings is 1. The molecule has 1 amide bonds. The summed E-state index contributed by atoms with van der Waals surface area (Å²) in [6, 6.07) is 6.69. The Morgan fingerprint density at radius 2 is 2.14 bits per heavy atom. The summed E-state index contributed by atoms with van der Waals surface area (Å²) in [5, 5.41) is 5.41. The van der Waals surface area contributed by atoms with Gasteiger partial charge in [0.2, 0.25) is 0 Å². The van der Waals surface area contributed by atoms with Crippen LogP contribution in [0.2, 0.25) is 0 Å². The van der Waals surface area contributed by atoms with Gasteiger partial charge in [0.05, 0.1) is 27.7 Å². The number of hydrogen-bond donors (Lipinski definition) is 0. The van der Waals surface area contributed by atoms with Crippen molar-refractivity contribution in [3.8, 4) is 10.6 Å². The van der Waals surface area contributed by atoms with Crippen LogP contribution in [0.5, 0.6) is 0 Å². The third-order valence-corrected chi connectivity index (χ3v) is 6.66. The van der Waals surface area contributed by atoms with E-state index in [1.165, 1.54) is 11.3 Å². The van der Waals surface area contributed by atoms with E-state index in [1.807, 2.05) is 16.9 Å². The number of hydrogen-bond acceptors (Lipinski definition) is 4. The molecule has 1 fully saturated rings. The third-order valence-electron chi connectivity index (χ3n) is 5.64. The van der Waals surface area contributed by atoms with Crippen molar-refractivity contribution in [2.24, 2.45) is 0 Å². The average molecular weight is 397 g/mol. The number of rotatable bonds is 4. The van der Waals surface area contributed by atoms with E-state index < -0.39 is 0 Å². The SMILES string of the molecule is CCC1CCCCN1C(=O)c1cc(-c2ccc(C)s2)nc2c1cnn2C(C)C. The molecular weight excluding hydrogens is 368 g/mol. The lowest BCUT2D eigenvalue weighted by Gasteiger charge is -2.35. The molecule has 4 heterocycles. The highest BCUT2D eigenvalue weighted by Gasteiger charge is 2.29. The Bertz CT molecular complexity index is 1000. The number of amides is 1. The second kappa shape index (κ2) is 7.66. The first-order valence-corrected chi connectivity index (χ1v) is 11.1. The Balaban J connectivity index is 1.87. The summed E-state index contributed by atoms with van der Waals surface area (Å²) < 4.78 is 1.92. The second-order valence-electron chi connectivity index (χ2n) is 7.94. The summed E-state index contributed by atoms with van der Waals surface area (Å²) in [6.45, 7) is 9.29. The summed E-state index contributed by atoms with van der Waals surface area (Å²) >= 11 is 1.71. The predicted molar refractivity (Wildman–Crippen MR) is 115 cm³/mol. The number of thiophene rings is 1. The highest BCUT2D eigenvalue weighted by atomic mass is 32.1. The van der Waals surface area contributed by atoms with Gasteiger partial charge in [0.15, 0.2) is 5.65 Å². The number of aryl methyl sites for hydroxylation is 1. The Morgan fingerprint density at radius 3 is 2.82 bits per heavy atom. The highest BCUT2D eigenvalue weighted by molar-refractivity contribution is 7.15. The molecular formula is C22H28N4OS. The Labute approximate surface area is 170 Å². The number of carbonyl (C=O) groups is 1. The molecule has 5 nitrogen and oxygen atoms in total. The second-order valence-corrected chi connectivity index (χ2v) is 9.23. The summed E-state index contributed by atoms with van der Waals surface area (Å²) in [5.41, 5.74) is 2.40. The van der Waals surface area contributed by atoms with Crippen LogP contribution in [0.4, 0.5) is 0 Å². The van der Waals surface area contributed by atoms with E-state index in [1.54, 1.807) is 11.3 Å². The molecule has 1 aliphatic rings. The predicted octanol–water partition coefficient (Wildman–Crippen LogP) is 5.45. The molecule has 0 saturated carbocycles. The molecule has 4 rings (SSSR count). The fourth-order valence-electron chi connectivity index (χ4n) is 4.12. The van der Waals surface area contributed by atoms with Crippen LogP contribution in [0, 0.1) is 6.92 Å². The molecule has 28 heavy (non-hydrogen) atoms. The first kappa shape index (κ1) is 19.1. The maximum Gasteiger partial charge on any atom is 0.254 e. The van der Waals surface area contributed by atoms with Crippen LogP contribution in [-0.4, -0.2) is 38.2 Å². The van der Waals surface area contributed by atoms with Crippen molar-refractivity contribution < 1.29 is 4.79 Å². The number of piperidine rings is 1. The maximum atomic E-state index is 13.6. The van der Waals surface area contributed by atoms with Crippen LogP contribution >= 0.6 is 11.3 Å². The van der Waals surface area contributed by atoms with Gasteiger partial charge in [-0.1, -0.05) is 6.92 Å².